The van der Waals surface area contributed by atoms with E-state index in [0.29, 0.717) is 12.5 Å². The van der Waals surface area contributed by atoms with Gasteiger partial charge in [-0.3, -0.25) is 0 Å². The smallest absolute Gasteiger partial charge is 0.123 e. The van der Waals surface area contributed by atoms with Crippen LogP contribution in [0.15, 0.2) is 24.3 Å². The van der Waals surface area contributed by atoms with Crippen molar-refractivity contribution in [1.82, 2.24) is 5.32 Å². The summed E-state index contributed by atoms with van der Waals surface area (Å²) >= 11 is 0. The molecule has 2 rings (SSSR count). The molecule has 17 heavy (non-hydrogen) atoms. The zero-order chi connectivity index (χ0) is 12.3. The predicted molar refractivity (Wildman–Crippen MR) is 65.2 cm³/mol. The van der Waals surface area contributed by atoms with Crippen LogP contribution in [-0.2, 0) is 0 Å². The lowest BCUT2D eigenvalue weighted by Gasteiger charge is -2.40. The molecule has 0 radical (unpaired) electrons. The van der Waals surface area contributed by atoms with Gasteiger partial charge in [0.25, 0.3) is 0 Å². The Bertz CT molecular complexity index is 410. The third-order valence-corrected chi connectivity index (χ3v) is 3.10. The molecule has 3 nitrogen and oxygen atoms in total. The molecule has 0 spiro atoms. The molecule has 1 heterocycles. The lowest BCUT2D eigenvalue weighted by molar-refractivity contribution is 0.412. The van der Waals surface area contributed by atoms with Crippen molar-refractivity contribution in [2.24, 2.45) is 0 Å². The molecule has 1 N–H and O–H groups in total. The molecule has 0 aliphatic carbocycles. The third-order valence-electron chi connectivity index (χ3n) is 3.10. The van der Waals surface area contributed by atoms with E-state index in [0.717, 1.165) is 18.8 Å². The van der Waals surface area contributed by atoms with Crippen LogP contribution in [-0.4, -0.2) is 25.2 Å². The van der Waals surface area contributed by atoms with Crippen molar-refractivity contribution in [2.75, 3.05) is 18.0 Å². The molecule has 0 saturated carbocycles. The summed E-state index contributed by atoms with van der Waals surface area (Å²) in [7, 11) is 0. The highest BCUT2D eigenvalue weighted by Gasteiger charge is 2.25. The van der Waals surface area contributed by atoms with Crippen LogP contribution in [0, 0.1) is 17.1 Å². The maximum absolute atomic E-state index is 12.9. The Balaban J connectivity index is 2.19. The Morgan fingerprint density at radius 1 is 1.47 bits per heavy atom. The van der Waals surface area contributed by atoms with Crippen LogP contribution in [0.25, 0.3) is 0 Å². The Labute approximate surface area is 101 Å². The van der Waals surface area contributed by atoms with Gasteiger partial charge >= 0.3 is 0 Å². The number of anilines is 1. The monoisotopic (exact) mass is 233 g/mol. The molecule has 2 atom stereocenters. The summed E-state index contributed by atoms with van der Waals surface area (Å²) in [6.45, 7) is 3.75. The lowest BCUT2D eigenvalue weighted by Crippen LogP contribution is -2.55. The van der Waals surface area contributed by atoms with Crippen molar-refractivity contribution in [3.8, 4) is 6.07 Å². The van der Waals surface area contributed by atoms with Crippen molar-refractivity contribution in [3.05, 3.63) is 30.1 Å². The Morgan fingerprint density at radius 3 is 2.82 bits per heavy atom. The van der Waals surface area contributed by atoms with Crippen LogP contribution in [0.1, 0.15) is 13.3 Å². The van der Waals surface area contributed by atoms with Crippen LogP contribution in [0.4, 0.5) is 10.1 Å². The van der Waals surface area contributed by atoms with E-state index in [-0.39, 0.29) is 11.9 Å². The molecule has 1 fully saturated rings. The number of hydrogen-bond acceptors (Lipinski definition) is 3. The van der Waals surface area contributed by atoms with Gasteiger partial charge in [0.15, 0.2) is 0 Å². The number of nitrogens with one attached hydrogen (secondary N) is 1. The molecule has 1 aliphatic rings. The molecule has 2 unspecified atom stereocenters. The highest BCUT2D eigenvalue weighted by molar-refractivity contribution is 5.48. The van der Waals surface area contributed by atoms with Crippen LogP contribution in [0.2, 0.25) is 0 Å². The van der Waals surface area contributed by atoms with Gasteiger partial charge in [-0.25, -0.2) is 4.39 Å². The van der Waals surface area contributed by atoms with Crippen molar-refractivity contribution in [3.63, 3.8) is 0 Å². The van der Waals surface area contributed by atoms with E-state index >= 15 is 0 Å². The molecule has 1 saturated heterocycles. The number of piperazine rings is 1. The molecule has 0 amide bonds. The average molecular weight is 233 g/mol. The molecule has 0 aromatic heterocycles. The summed E-state index contributed by atoms with van der Waals surface area (Å²) in [5, 5.41) is 12.2. The molecule has 1 aliphatic heterocycles. The quantitative estimate of drug-likeness (QED) is 0.848. The summed E-state index contributed by atoms with van der Waals surface area (Å²) in [4.78, 5) is 2.18. The second-order valence-electron chi connectivity index (χ2n) is 4.45. The minimum atomic E-state index is -0.228. The molecular weight excluding hydrogens is 217 g/mol. The maximum Gasteiger partial charge on any atom is 0.123 e. The topological polar surface area (TPSA) is 39.1 Å². The normalized spacial score (nSPS) is 24.4. The van der Waals surface area contributed by atoms with Gasteiger partial charge in [0.05, 0.1) is 18.5 Å². The van der Waals surface area contributed by atoms with Gasteiger partial charge < -0.3 is 10.2 Å². The van der Waals surface area contributed by atoms with Crippen molar-refractivity contribution in [2.45, 2.75) is 25.4 Å². The second kappa shape index (κ2) is 5.15. The summed E-state index contributed by atoms with van der Waals surface area (Å²) < 4.78 is 12.9. The minimum absolute atomic E-state index is 0.168. The van der Waals surface area contributed by atoms with Gasteiger partial charge in [-0.15, -0.1) is 0 Å². The van der Waals surface area contributed by atoms with E-state index in [1.165, 1.54) is 12.1 Å². The van der Waals surface area contributed by atoms with Crippen LogP contribution >= 0.6 is 0 Å². The standard InChI is InChI=1S/C13H16FN3/c1-10-9-17(13(6-7-15)8-16-10)12-4-2-11(14)3-5-12/h2-5,10,13,16H,6,8-9H2,1H3. The number of nitrogens with zero attached hydrogens (tertiary/aromatic N) is 2. The van der Waals surface area contributed by atoms with E-state index in [1.807, 2.05) is 0 Å². The Kier molecular flexibility index (Phi) is 3.60. The van der Waals surface area contributed by atoms with Crippen LogP contribution in [0.5, 0.6) is 0 Å². The van der Waals surface area contributed by atoms with Gasteiger partial charge in [-0.2, -0.15) is 5.26 Å². The highest BCUT2D eigenvalue weighted by Crippen LogP contribution is 2.21. The molecule has 90 valence electrons. The first-order chi connectivity index (χ1) is 8.20. The fourth-order valence-corrected chi connectivity index (χ4v) is 2.19. The first-order valence-corrected chi connectivity index (χ1v) is 5.83. The molecule has 4 heteroatoms. The number of benzene rings is 1. The van der Waals surface area contributed by atoms with E-state index in [2.05, 4.69) is 23.2 Å². The van der Waals surface area contributed by atoms with Gasteiger partial charge in [0, 0.05) is 24.8 Å². The highest BCUT2D eigenvalue weighted by atomic mass is 19.1. The van der Waals surface area contributed by atoms with Crippen LogP contribution < -0.4 is 10.2 Å². The largest absolute Gasteiger partial charge is 0.365 e. The Morgan fingerprint density at radius 2 is 2.18 bits per heavy atom. The third kappa shape index (κ3) is 2.75. The van der Waals surface area contributed by atoms with Gasteiger partial charge in [0.2, 0.25) is 0 Å². The van der Waals surface area contributed by atoms with E-state index in [4.69, 9.17) is 5.26 Å². The first kappa shape index (κ1) is 11.9. The SMILES string of the molecule is CC1CN(c2ccc(F)cc2)C(CC#N)CN1. The predicted octanol–water partition coefficient (Wildman–Crippen LogP) is 1.91. The van der Waals surface area contributed by atoms with E-state index in [1.54, 1.807) is 12.1 Å². The summed E-state index contributed by atoms with van der Waals surface area (Å²) in [5.74, 6) is -0.228. The lowest BCUT2D eigenvalue weighted by atomic mass is 10.1. The summed E-state index contributed by atoms with van der Waals surface area (Å²) in [6.07, 6.45) is 0.483. The average Bonchev–Trinajstić information content (AvgIpc) is 2.33. The molecule has 1 aromatic carbocycles. The van der Waals surface area contributed by atoms with E-state index < -0.39 is 0 Å². The summed E-state index contributed by atoms with van der Waals surface area (Å²) in [6, 6.07) is 9.24. The molecule has 1 aromatic rings. The molecule has 0 bridgehead atoms. The number of halogens is 1. The van der Waals surface area contributed by atoms with Gasteiger partial charge in [0.1, 0.15) is 5.82 Å². The van der Waals surface area contributed by atoms with Crippen LogP contribution in [0.3, 0.4) is 0 Å². The van der Waals surface area contributed by atoms with Crippen molar-refractivity contribution in [1.29, 1.82) is 5.26 Å². The Hall–Kier alpha value is -1.60. The number of nitriles is 1. The maximum atomic E-state index is 12.9. The fourth-order valence-electron chi connectivity index (χ4n) is 2.19. The zero-order valence-electron chi connectivity index (χ0n) is 9.86. The first-order valence-electron chi connectivity index (χ1n) is 5.83. The van der Waals surface area contributed by atoms with Crippen molar-refractivity contribution < 1.29 is 4.39 Å². The summed E-state index contributed by atoms with van der Waals surface area (Å²) in [5.41, 5.74) is 0.986. The van der Waals surface area contributed by atoms with Gasteiger partial charge in [-0.1, -0.05) is 0 Å². The number of hydrogen-bond donors (Lipinski definition) is 1. The minimum Gasteiger partial charge on any atom is -0.365 e. The van der Waals surface area contributed by atoms with Gasteiger partial charge in [-0.05, 0) is 31.2 Å². The molecular formula is C13H16FN3. The van der Waals surface area contributed by atoms with Crippen molar-refractivity contribution >= 4 is 5.69 Å². The van der Waals surface area contributed by atoms with E-state index in [9.17, 15) is 4.39 Å². The number of rotatable bonds is 2. The zero-order valence-corrected chi connectivity index (χ0v) is 9.86. The second-order valence-corrected chi connectivity index (χ2v) is 4.45. The fraction of sp³-hybridized carbons (Fsp3) is 0.462.